The van der Waals surface area contributed by atoms with Gasteiger partial charge in [0.15, 0.2) is 11.5 Å². The van der Waals surface area contributed by atoms with Crippen LogP contribution >= 0.6 is 0 Å². The Morgan fingerprint density at radius 1 is 1.26 bits per heavy atom. The van der Waals surface area contributed by atoms with E-state index in [-0.39, 0.29) is 17.1 Å². The molecule has 0 unspecified atom stereocenters. The van der Waals surface area contributed by atoms with E-state index in [9.17, 15) is 9.18 Å². The lowest BCUT2D eigenvalue weighted by molar-refractivity contribution is 0.0690. The lowest BCUT2D eigenvalue weighted by Crippen LogP contribution is -2.14. The maximum Gasteiger partial charge on any atom is 0.354 e. The standard InChI is InChI=1S/C13H12FN3O2/c1-17(2)11-7-10(13(18)19)15-12(16-11)8-5-3-4-6-9(8)14/h3-7H,1-2H3,(H,18,19). The SMILES string of the molecule is CN(C)c1cc(C(=O)O)nc(-c2ccccc2F)n1. The van der Waals surface area contributed by atoms with Gasteiger partial charge in [-0.05, 0) is 12.1 Å². The van der Waals surface area contributed by atoms with Crippen molar-refractivity contribution in [3.8, 4) is 11.4 Å². The molecule has 0 aliphatic heterocycles. The summed E-state index contributed by atoms with van der Waals surface area (Å²) in [6.45, 7) is 0. The number of carboxylic acids is 1. The first-order valence-electron chi connectivity index (χ1n) is 5.53. The second kappa shape index (κ2) is 5.01. The number of carboxylic acid groups (broad SMARTS) is 1. The fourth-order valence-corrected chi connectivity index (χ4v) is 1.54. The molecule has 1 aromatic heterocycles. The van der Waals surface area contributed by atoms with Crippen molar-refractivity contribution in [1.82, 2.24) is 9.97 Å². The van der Waals surface area contributed by atoms with Gasteiger partial charge in [-0.1, -0.05) is 12.1 Å². The zero-order valence-electron chi connectivity index (χ0n) is 10.5. The molecular formula is C13H12FN3O2. The van der Waals surface area contributed by atoms with Crippen LogP contribution in [0.4, 0.5) is 10.2 Å². The van der Waals surface area contributed by atoms with E-state index in [0.29, 0.717) is 5.82 Å². The zero-order valence-corrected chi connectivity index (χ0v) is 10.5. The van der Waals surface area contributed by atoms with Gasteiger partial charge in [0, 0.05) is 20.2 Å². The third-order valence-corrected chi connectivity index (χ3v) is 2.50. The minimum absolute atomic E-state index is 0.0571. The number of rotatable bonds is 3. The average Bonchev–Trinajstić information content (AvgIpc) is 2.38. The minimum atomic E-state index is -1.18. The van der Waals surface area contributed by atoms with Gasteiger partial charge in [0.2, 0.25) is 0 Å². The molecule has 0 spiro atoms. The topological polar surface area (TPSA) is 66.3 Å². The third kappa shape index (κ3) is 2.67. The van der Waals surface area contributed by atoms with Gasteiger partial charge in [0.25, 0.3) is 0 Å². The predicted molar refractivity (Wildman–Crippen MR) is 68.7 cm³/mol. The van der Waals surface area contributed by atoms with E-state index in [4.69, 9.17) is 5.11 Å². The van der Waals surface area contributed by atoms with Gasteiger partial charge in [0.1, 0.15) is 11.6 Å². The number of carbonyl (C=O) groups is 1. The Morgan fingerprint density at radius 2 is 1.95 bits per heavy atom. The Hall–Kier alpha value is -2.50. The Kier molecular flexibility index (Phi) is 3.41. The Labute approximate surface area is 109 Å². The van der Waals surface area contributed by atoms with Crippen LogP contribution in [0.15, 0.2) is 30.3 Å². The highest BCUT2D eigenvalue weighted by atomic mass is 19.1. The van der Waals surface area contributed by atoms with Gasteiger partial charge in [-0.2, -0.15) is 0 Å². The molecule has 2 aromatic rings. The molecule has 5 nitrogen and oxygen atoms in total. The molecule has 2 rings (SSSR count). The quantitative estimate of drug-likeness (QED) is 0.915. The molecule has 98 valence electrons. The van der Waals surface area contributed by atoms with E-state index in [1.807, 2.05) is 0 Å². The number of halogens is 1. The molecule has 0 radical (unpaired) electrons. The number of hydrogen-bond acceptors (Lipinski definition) is 4. The normalized spacial score (nSPS) is 10.3. The smallest absolute Gasteiger partial charge is 0.354 e. The number of aromatic nitrogens is 2. The molecule has 6 heteroatoms. The molecule has 0 aliphatic carbocycles. The van der Waals surface area contributed by atoms with Gasteiger partial charge in [0.05, 0.1) is 5.56 Å². The summed E-state index contributed by atoms with van der Waals surface area (Å²) in [5.41, 5.74) is 0.00523. The number of anilines is 1. The Morgan fingerprint density at radius 3 is 2.53 bits per heavy atom. The van der Waals surface area contributed by atoms with Crippen molar-refractivity contribution < 1.29 is 14.3 Å². The fraction of sp³-hybridized carbons (Fsp3) is 0.154. The first-order valence-corrected chi connectivity index (χ1v) is 5.53. The van der Waals surface area contributed by atoms with Crippen LogP contribution < -0.4 is 4.90 Å². The summed E-state index contributed by atoms with van der Waals surface area (Å²) in [6, 6.07) is 7.32. The summed E-state index contributed by atoms with van der Waals surface area (Å²) in [7, 11) is 3.44. The van der Waals surface area contributed by atoms with Gasteiger partial charge >= 0.3 is 5.97 Å². The van der Waals surface area contributed by atoms with Crippen molar-refractivity contribution >= 4 is 11.8 Å². The molecule has 0 bridgehead atoms. The van der Waals surface area contributed by atoms with Crippen LogP contribution in [0.2, 0.25) is 0 Å². The summed E-state index contributed by atoms with van der Waals surface area (Å²) in [6.07, 6.45) is 0. The maximum atomic E-state index is 13.7. The first kappa shape index (κ1) is 12.9. The molecule has 0 atom stereocenters. The minimum Gasteiger partial charge on any atom is -0.477 e. The molecule has 0 saturated heterocycles. The lowest BCUT2D eigenvalue weighted by atomic mass is 10.2. The molecule has 1 N–H and O–H groups in total. The summed E-state index contributed by atoms with van der Waals surface area (Å²) in [5.74, 6) is -1.20. The summed E-state index contributed by atoms with van der Waals surface area (Å²) in [4.78, 5) is 20.7. The van der Waals surface area contributed by atoms with Crippen molar-refractivity contribution in [3.05, 3.63) is 41.8 Å². The van der Waals surface area contributed by atoms with Gasteiger partial charge in [-0.3, -0.25) is 0 Å². The number of benzene rings is 1. The first-order chi connectivity index (χ1) is 8.99. The maximum absolute atomic E-state index is 13.7. The van der Waals surface area contributed by atoms with Crippen LogP contribution in [0.25, 0.3) is 11.4 Å². The molecule has 0 fully saturated rings. The number of hydrogen-bond donors (Lipinski definition) is 1. The number of nitrogens with zero attached hydrogens (tertiary/aromatic N) is 3. The van der Waals surface area contributed by atoms with Crippen LogP contribution in [-0.4, -0.2) is 35.1 Å². The average molecular weight is 261 g/mol. The van der Waals surface area contributed by atoms with Crippen molar-refractivity contribution in [2.24, 2.45) is 0 Å². The lowest BCUT2D eigenvalue weighted by Gasteiger charge is -2.13. The highest BCUT2D eigenvalue weighted by Crippen LogP contribution is 2.21. The highest BCUT2D eigenvalue weighted by Gasteiger charge is 2.14. The highest BCUT2D eigenvalue weighted by molar-refractivity contribution is 5.87. The molecule has 0 aliphatic rings. The third-order valence-electron chi connectivity index (χ3n) is 2.50. The van der Waals surface area contributed by atoms with Crippen molar-refractivity contribution in [2.45, 2.75) is 0 Å². The predicted octanol–water partition coefficient (Wildman–Crippen LogP) is 2.05. The molecule has 0 amide bonds. The van der Waals surface area contributed by atoms with Crippen LogP contribution in [0.3, 0.4) is 0 Å². The van der Waals surface area contributed by atoms with Crippen molar-refractivity contribution in [3.63, 3.8) is 0 Å². The second-order valence-electron chi connectivity index (χ2n) is 4.11. The second-order valence-corrected chi connectivity index (χ2v) is 4.11. The van der Waals surface area contributed by atoms with Crippen molar-refractivity contribution in [2.75, 3.05) is 19.0 Å². The van der Waals surface area contributed by atoms with Crippen LogP contribution in [0, 0.1) is 5.82 Å². The van der Waals surface area contributed by atoms with E-state index < -0.39 is 11.8 Å². The largest absolute Gasteiger partial charge is 0.477 e. The van der Waals surface area contributed by atoms with Crippen LogP contribution in [0.1, 0.15) is 10.5 Å². The van der Waals surface area contributed by atoms with Crippen LogP contribution in [-0.2, 0) is 0 Å². The van der Waals surface area contributed by atoms with E-state index in [1.165, 1.54) is 18.2 Å². The fourth-order valence-electron chi connectivity index (χ4n) is 1.54. The zero-order chi connectivity index (χ0) is 14.0. The molecular weight excluding hydrogens is 249 g/mol. The molecule has 19 heavy (non-hydrogen) atoms. The molecule has 0 saturated carbocycles. The Balaban J connectivity index is 2.63. The summed E-state index contributed by atoms with van der Waals surface area (Å²) < 4.78 is 13.7. The molecule has 1 aromatic carbocycles. The van der Waals surface area contributed by atoms with E-state index in [0.717, 1.165) is 0 Å². The van der Waals surface area contributed by atoms with Gasteiger partial charge < -0.3 is 10.0 Å². The van der Waals surface area contributed by atoms with Gasteiger partial charge in [-0.25, -0.2) is 19.2 Å². The van der Waals surface area contributed by atoms with Gasteiger partial charge in [-0.15, -0.1) is 0 Å². The Bertz CT molecular complexity index is 629. The van der Waals surface area contributed by atoms with E-state index in [1.54, 1.807) is 31.1 Å². The monoisotopic (exact) mass is 261 g/mol. The summed E-state index contributed by atoms with van der Waals surface area (Å²) in [5, 5.41) is 9.03. The number of aromatic carboxylic acids is 1. The van der Waals surface area contributed by atoms with Crippen molar-refractivity contribution in [1.29, 1.82) is 0 Å². The van der Waals surface area contributed by atoms with Crippen LogP contribution in [0.5, 0.6) is 0 Å². The summed E-state index contributed by atoms with van der Waals surface area (Å²) >= 11 is 0. The van der Waals surface area contributed by atoms with E-state index in [2.05, 4.69) is 9.97 Å². The molecule has 1 heterocycles. The van der Waals surface area contributed by atoms with E-state index >= 15 is 0 Å².